The number of nitrogen functional groups attached to an aromatic ring is 1. The Morgan fingerprint density at radius 1 is 1.47 bits per heavy atom. The molecule has 0 radical (unpaired) electrons. The van der Waals surface area contributed by atoms with Gasteiger partial charge in [0.25, 0.3) is 0 Å². The number of carbonyl (C=O) groups excluding carboxylic acids is 1. The molecule has 0 aromatic heterocycles. The Hall–Kier alpha value is -1.71. The highest BCUT2D eigenvalue weighted by molar-refractivity contribution is 5.95. The summed E-state index contributed by atoms with van der Waals surface area (Å²) in [5, 5.41) is 0. The third kappa shape index (κ3) is 2.21. The second-order valence-corrected chi connectivity index (χ2v) is 3.08. The minimum Gasteiger partial charge on any atom is -0.496 e. The van der Waals surface area contributed by atoms with Crippen molar-refractivity contribution in [2.24, 2.45) is 0 Å². The minimum absolute atomic E-state index is 0.330. The van der Waals surface area contributed by atoms with Crippen molar-refractivity contribution >= 4 is 11.7 Å². The van der Waals surface area contributed by atoms with Crippen LogP contribution in [0.25, 0.3) is 0 Å². The lowest BCUT2D eigenvalue weighted by Crippen LogP contribution is -2.10. The first-order valence-electron chi connectivity index (χ1n) is 4.72. The number of rotatable bonds is 3. The van der Waals surface area contributed by atoms with Gasteiger partial charge in [-0.25, -0.2) is 4.79 Å². The summed E-state index contributed by atoms with van der Waals surface area (Å²) in [5.74, 6) is 0.0827. The van der Waals surface area contributed by atoms with Crippen LogP contribution in [0, 0.1) is 6.92 Å². The fourth-order valence-corrected chi connectivity index (χ4v) is 1.33. The lowest BCUT2D eigenvalue weighted by atomic mass is 10.1. The predicted octanol–water partition coefficient (Wildman–Crippen LogP) is 1.76. The van der Waals surface area contributed by atoms with Crippen LogP contribution in [0.1, 0.15) is 22.8 Å². The van der Waals surface area contributed by atoms with E-state index in [0.717, 1.165) is 0 Å². The zero-order chi connectivity index (χ0) is 11.4. The molecule has 2 N–H and O–H groups in total. The van der Waals surface area contributed by atoms with E-state index in [4.69, 9.17) is 15.2 Å². The molecule has 0 saturated heterocycles. The van der Waals surface area contributed by atoms with E-state index in [1.54, 1.807) is 26.0 Å². The van der Waals surface area contributed by atoms with Crippen LogP contribution in [0.2, 0.25) is 0 Å². The summed E-state index contributed by atoms with van der Waals surface area (Å²) < 4.78 is 10.0. The Morgan fingerprint density at radius 2 is 2.13 bits per heavy atom. The Morgan fingerprint density at radius 3 is 2.67 bits per heavy atom. The second-order valence-electron chi connectivity index (χ2n) is 3.08. The van der Waals surface area contributed by atoms with Crippen LogP contribution >= 0.6 is 0 Å². The quantitative estimate of drug-likeness (QED) is 0.608. The van der Waals surface area contributed by atoms with Crippen LogP contribution in [0.3, 0.4) is 0 Å². The standard InChI is InChI=1S/C11H15NO3/c1-4-15-11(13)10-7(2)8(12)5-6-9(10)14-3/h5-6H,4,12H2,1-3H3. The molecule has 82 valence electrons. The number of benzene rings is 1. The van der Waals surface area contributed by atoms with E-state index in [9.17, 15) is 4.79 Å². The molecular weight excluding hydrogens is 194 g/mol. The number of anilines is 1. The van der Waals surface area contributed by atoms with E-state index in [1.807, 2.05) is 0 Å². The van der Waals surface area contributed by atoms with Crippen molar-refractivity contribution < 1.29 is 14.3 Å². The van der Waals surface area contributed by atoms with Gasteiger partial charge in [-0.3, -0.25) is 0 Å². The van der Waals surface area contributed by atoms with E-state index in [-0.39, 0.29) is 0 Å². The first-order valence-corrected chi connectivity index (χ1v) is 4.72. The van der Waals surface area contributed by atoms with Crippen LogP contribution < -0.4 is 10.5 Å². The number of hydrogen-bond donors (Lipinski definition) is 1. The molecular formula is C11H15NO3. The van der Waals surface area contributed by atoms with Gasteiger partial charge in [0, 0.05) is 5.69 Å². The summed E-state index contributed by atoms with van der Waals surface area (Å²) >= 11 is 0. The van der Waals surface area contributed by atoms with Crippen LogP contribution in [0.4, 0.5) is 5.69 Å². The third-order valence-corrected chi connectivity index (χ3v) is 2.17. The molecule has 0 amide bonds. The molecule has 0 aliphatic rings. The first-order chi connectivity index (χ1) is 7.11. The maximum absolute atomic E-state index is 11.6. The zero-order valence-electron chi connectivity index (χ0n) is 9.16. The molecule has 0 atom stereocenters. The van der Waals surface area contributed by atoms with E-state index >= 15 is 0 Å². The molecule has 4 heteroatoms. The smallest absolute Gasteiger partial charge is 0.342 e. The maximum Gasteiger partial charge on any atom is 0.342 e. The van der Waals surface area contributed by atoms with E-state index in [0.29, 0.717) is 29.2 Å². The highest BCUT2D eigenvalue weighted by atomic mass is 16.5. The Balaban J connectivity index is 3.23. The summed E-state index contributed by atoms with van der Waals surface area (Å²) in [7, 11) is 1.51. The maximum atomic E-state index is 11.6. The van der Waals surface area contributed by atoms with Crippen LogP contribution in [-0.2, 0) is 4.74 Å². The highest BCUT2D eigenvalue weighted by Crippen LogP contribution is 2.27. The lowest BCUT2D eigenvalue weighted by molar-refractivity contribution is 0.0522. The van der Waals surface area contributed by atoms with Crippen molar-refractivity contribution in [3.8, 4) is 5.75 Å². The number of methoxy groups -OCH3 is 1. The molecule has 1 aromatic carbocycles. The summed E-state index contributed by atoms with van der Waals surface area (Å²) in [6, 6.07) is 3.37. The third-order valence-electron chi connectivity index (χ3n) is 2.17. The molecule has 0 heterocycles. The molecule has 0 bridgehead atoms. The van der Waals surface area contributed by atoms with Gasteiger partial charge in [-0.05, 0) is 31.5 Å². The SMILES string of the molecule is CCOC(=O)c1c(OC)ccc(N)c1C. The number of ether oxygens (including phenoxy) is 2. The fraction of sp³-hybridized carbons (Fsp3) is 0.364. The first kappa shape index (κ1) is 11.4. The van der Waals surface area contributed by atoms with Gasteiger partial charge >= 0.3 is 5.97 Å². The number of nitrogens with two attached hydrogens (primary N) is 1. The summed E-state index contributed by atoms with van der Waals surface area (Å²) in [4.78, 5) is 11.6. The Kier molecular flexibility index (Phi) is 3.55. The summed E-state index contributed by atoms with van der Waals surface area (Å²) in [6.45, 7) is 3.85. The van der Waals surface area contributed by atoms with Crippen molar-refractivity contribution in [2.45, 2.75) is 13.8 Å². The van der Waals surface area contributed by atoms with E-state index < -0.39 is 5.97 Å². The predicted molar refractivity (Wildman–Crippen MR) is 58.1 cm³/mol. The van der Waals surface area contributed by atoms with Gasteiger partial charge in [-0.1, -0.05) is 0 Å². The highest BCUT2D eigenvalue weighted by Gasteiger charge is 2.17. The molecule has 1 rings (SSSR count). The van der Waals surface area contributed by atoms with Gasteiger partial charge in [-0.2, -0.15) is 0 Å². The largest absolute Gasteiger partial charge is 0.496 e. The van der Waals surface area contributed by atoms with Gasteiger partial charge in [0.2, 0.25) is 0 Å². The van der Waals surface area contributed by atoms with Gasteiger partial charge in [-0.15, -0.1) is 0 Å². The average Bonchev–Trinajstić information content (AvgIpc) is 2.22. The topological polar surface area (TPSA) is 61.5 Å². The van der Waals surface area contributed by atoms with E-state index in [1.165, 1.54) is 7.11 Å². The van der Waals surface area contributed by atoms with Gasteiger partial charge in [0.1, 0.15) is 11.3 Å². The fourth-order valence-electron chi connectivity index (χ4n) is 1.33. The number of esters is 1. The van der Waals surface area contributed by atoms with Gasteiger partial charge in [0.05, 0.1) is 13.7 Å². The van der Waals surface area contributed by atoms with Crippen LogP contribution in [0.5, 0.6) is 5.75 Å². The molecule has 4 nitrogen and oxygen atoms in total. The van der Waals surface area contributed by atoms with Crippen molar-refractivity contribution in [1.82, 2.24) is 0 Å². The Bertz CT molecular complexity index is 374. The molecule has 0 saturated carbocycles. The molecule has 0 aliphatic carbocycles. The van der Waals surface area contributed by atoms with Crippen molar-refractivity contribution in [3.63, 3.8) is 0 Å². The molecule has 15 heavy (non-hydrogen) atoms. The molecule has 0 spiro atoms. The van der Waals surface area contributed by atoms with Crippen LogP contribution in [0.15, 0.2) is 12.1 Å². The van der Waals surface area contributed by atoms with Crippen LogP contribution in [-0.4, -0.2) is 19.7 Å². The molecule has 1 aromatic rings. The second kappa shape index (κ2) is 4.68. The van der Waals surface area contributed by atoms with Crippen molar-refractivity contribution in [1.29, 1.82) is 0 Å². The monoisotopic (exact) mass is 209 g/mol. The number of hydrogen-bond acceptors (Lipinski definition) is 4. The summed E-state index contributed by atoms with van der Waals surface area (Å²) in [6.07, 6.45) is 0. The molecule has 0 unspecified atom stereocenters. The normalized spacial score (nSPS) is 9.80. The van der Waals surface area contributed by atoms with Gasteiger partial charge < -0.3 is 15.2 Å². The Labute approximate surface area is 89.0 Å². The minimum atomic E-state index is -0.404. The van der Waals surface area contributed by atoms with E-state index in [2.05, 4.69) is 0 Å². The summed E-state index contributed by atoms with van der Waals surface area (Å²) in [5.41, 5.74) is 7.36. The average molecular weight is 209 g/mol. The van der Waals surface area contributed by atoms with Gasteiger partial charge in [0.15, 0.2) is 0 Å². The lowest BCUT2D eigenvalue weighted by Gasteiger charge is -2.12. The van der Waals surface area contributed by atoms with Crippen molar-refractivity contribution in [3.05, 3.63) is 23.3 Å². The zero-order valence-corrected chi connectivity index (χ0v) is 9.16. The van der Waals surface area contributed by atoms with Crippen molar-refractivity contribution in [2.75, 3.05) is 19.5 Å². The molecule has 0 aliphatic heterocycles. The molecule has 0 fully saturated rings. The number of carbonyl (C=O) groups is 1.